The maximum Gasteiger partial charge on any atom is 0.332 e. The second-order valence-electron chi connectivity index (χ2n) is 3.30. The second kappa shape index (κ2) is 7.04. The molecule has 1 aromatic rings. The number of nitrogens with one attached hydrogen (secondary N) is 1. The highest BCUT2D eigenvalue weighted by Gasteiger charge is 2.09. The van der Waals surface area contributed by atoms with E-state index in [1.165, 1.54) is 7.11 Å². The van der Waals surface area contributed by atoms with Gasteiger partial charge in [0.1, 0.15) is 12.7 Å². The summed E-state index contributed by atoms with van der Waals surface area (Å²) < 4.78 is 9.17. The highest BCUT2D eigenvalue weighted by Crippen LogP contribution is 2.13. The van der Waals surface area contributed by atoms with Crippen molar-refractivity contribution in [1.82, 2.24) is 0 Å². The molecule has 0 atom stereocenters. The first-order valence-corrected chi connectivity index (χ1v) is 5.11. The quantitative estimate of drug-likeness (QED) is 0.774. The molecule has 0 saturated carbocycles. The van der Waals surface area contributed by atoms with Crippen LogP contribution in [0.1, 0.15) is 5.56 Å². The lowest BCUT2D eigenvalue weighted by molar-refractivity contribution is -0.150. The smallest absolute Gasteiger partial charge is 0.332 e. The number of carbonyl (C=O) groups is 2. The summed E-state index contributed by atoms with van der Waals surface area (Å²) in [5, 5.41) is 11.3. The number of benzene rings is 1. The van der Waals surface area contributed by atoms with E-state index in [2.05, 4.69) is 14.8 Å². The number of anilines is 1. The van der Waals surface area contributed by atoms with Crippen LogP contribution in [0.5, 0.6) is 0 Å². The number of hydrogen-bond acceptors (Lipinski definition) is 5. The summed E-state index contributed by atoms with van der Waals surface area (Å²) in [6, 6.07) is 8.49. The first kappa shape index (κ1) is 13.7. The molecule has 0 aliphatic heterocycles. The molecule has 0 heterocycles. The minimum Gasteiger partial charge on any atom is -0.454 e. The molecule has 0 aromatic heterocycles. The van der Waals surface area contributed by atoms with E-state index in [1.54, 1.807) is 24.3 Å². The van der Waals surface area contributed by atoms with Crippen molar-refractivity contribution >= 4 is 17.6 Å². The Morgan fingerprint density at radius 3 is 2.72 bits per heavy atom. The normalized spacial score (nSPS) is 9.33. The summed E-state index contributed by atoms with van der Waals surface area (Å²) in [4.78, 5) is 22.4. The Morgan fingerprint density at radius 1 is 1.33 bits per heavy atom. The van der Waals surface area contributed by atoms with Crippen LogP contribution in [0.15, 0.2) is 24.3 Å². The minimum atomic E-state index is -0.624. The zero-order chi connectivity index (χ0) is 13.4. The van der Waals surface area contributed by atoms with Gasteiger partial charge in [-0.2, -0.15) is 5.26 Å². The van der Waals surface area contributed by atoms with Crippen LogP contribution in [0.25, 0.3) is 0 Å². The Balaban J connectivity index is 2.50. The number of hydrogen-bond donors (Lipinski definition) is 1. The van der Waals surface area contributed by atoms with Crippen LogP contribution in [0.3, 0.4) is 0 Å². The zero-order valence-electron chi connectivity index (χ0n) is 9.80. The Morgan fingerprint density at radius 2 is 2.06 bits per heavy atom. The number of methoxy groups -OCH3 is 1. The maximum atomic E-state index is 11.5. The van der Waals surface area contributed by atoms with Crippen molar-refractivity contribution in [3.8, 4) is 6.07 Å². The molecule has 1 N–H and O–H groups in total. The standard InChI is InChI=1S/C12H12N2O4/c1-17-8-12(16)18-7-11(15)14-10-5-3-2-4-9(10)6-13/h2-5H,7-8H2,1H3,(H,14,15). The van der Waals surface area contributed by atoms with E-state index in [1.807, 2.05) is 6.07 Å². The Kier molecular flexibility index (Phi) is 5.35. The summed E-state index contributed by atoms with van der Waals surface area (Å²) in [5.41, 5.74) is 0.724. The highest BCUT2D eigenvalue weighted by atomic mass is 16.6. The van der Waals surface area contributed by atoms with Gasteiger partial charge in [0.15, 0.2) is 6.61 Å². The van der Waals surface area contributed by atoms with Crippen LogP contribution in [-0.4, -0.2) is 32.2 Å². The molecule has 1 amide bonds. The number of nitrogens with zero attached hydrogens (tertiary/aromatic N) is 1. The van der Waals surface area contributed by atoms with Gasteiger partial charge >= 0.3 is 5.97 Å². The van der Waals surface area contributed by atoms with Gasteiger partial charge in [0.05, 0.1) is 11.3 Å². The van der Waals surface area contributed by atoms with Crippen LogP contribution < -0.4 is 5.32 Å². The molecule has 0 saturated heterocycles. The van der Waals surface area contributed by atoms with E-state index in [0.717, 1.165) is 0 Å². The molecule has 0 bridgehead atoms. The fourth-order valence-electron chi connectivity index (χ4n) is 1.18. The zero-order valence-corrected chi connectivity index (χ0v) is 9.80. The largest absolute Gasteiger partial charge is 0.454 e. The summed E-state index contributed by atoms with van der Waals surface area (Å²) in [5.74, 6) is -1.14. The molecular weight excluding hydrogens is 236 g/mol. The fourth-order valence-corrected chi connectivity index (χ4v) is 1.18. The molecule has 18 heavy (non-hydrogen) atoms. The van der Waals surface area contributed by atoms with Crippen molar-refractivity contribution in [3.05, 3.63) is 29.8 Å². The maximum absolute atomic E-state index is 11.5. The molecule has 0 aliphatic rings. The van der Waals surface area contributed by atoms with Crippen molar-refractivity contribution in [2.75, 3.05) is 25.6 Å². The number of para-hydroxylation sites is 1. The van der Waals surface area contributed by atoms with E-state index in [0.29, 0.717) is 11.3 Å². The van der Waals surface area contributed by atoms with Gasteiger partial charge < -0.3 is 14.8 Å². The molecule has 1 aromatic carbocycles. The third-order valence-electron chi connectivity index (χ3n) is 1.95. The Hall–Kier alpha value is -2.39. The van der Waals surface area contributed by atoms with Crippen molar-refractivity contribution in [2.24, 2.45) is 0 Å². The number of nitriles is 1. The molecular formula is C12H12N2O4. The Labute approximate surface area is 104 Å². The van der Waals surface area contributed by atoms with Gasteiger partial charge in [0.25, 0.3) is 5.91 Å². The van der Waals surface area contributed by atoms with Gasteiger partial charge in [-0.25, -0.2) is 4.79 Å². The highest BCUT2D eigenvalue weighted by molar-refractivity contribution is 5.94. The van der Waals surface area contributed by atoms with Gasteiger partial charge in [-0.05, 0) is 12.1 Å². The number of ether oxygens (including phenoxy) is 2. The third kappa shape index (κ3) is 4.23. The summed E-state index contributed by atoms with van der Waals surface area (Å²) in [6.07, 6.45) is 0. The number of carbonyl (C=O) groups excluding carboxylic acids is 2. The lowest BCUT2D eigenvalue weighted by atomic mass is 10.2. The van der Waals surface area contributed by atoms with Gasteiger partial charge in [0.2, 0.25) is 0 Å². The molecule has 0 spiro atoms. The number of esters is 1. The van der Waals surface area contributed by atoms with Crippen molar-refractivity contribution in [1.29, 1.82) is 5.26 Å². The lowest BCUT2D eigenvalue weighted by Crippen LogP contribution is -2.22. The summed E-state index contributed by atoms with van der Waals surface area (Å²) >= 11 is 0. The van der Waals surface area contributed by atoms with Crippen LogP contribution in [-0.2, 0) is 19.1 Å². The average Bonchev–Trinajstić information content (AvgIpc) is 2.37. The van der Waals surface area contributed by atoms with Crippen LogP contribution in [0, 0.1) is 11.3 Å². The van der Waals surface area contributed by atoms with Crippen molar-refractivity contribution < 1.29 is 19.1 Å². The topological polar surface area (TPSA) is 88.4 Å². The van der Waals surface area contributed by atoms with E-state index < -0.39 is 18.5 Å². The van der Waals surface area contributed by atoms with Crippen LogP contribution in [0.2, 0.25) is 0 Å². The molecule has 0 unspecified atom stereocenters. The van der Waals surface area contributed by atoms with Crippen LogP contribution >= 0.6 is 0 Å². The third-order valence-corrected chi connectivity index (χ3v) is 1.95. The van der Waals surface area contributed by atoms with Gasteiger partial charge in [-0.15, -0.1) is 0 Å². The predicted octanol–water partition coefficient (Wildman–Crippen LogP) is 0.686. The SMILES string of the molecule is COCC(=O)OCC(=O)Nc1ccccc1C#N. The molecule has 94 valence electrons. The van der Waals surface area contributed by atoms with E-state index in [9.17, 15) is 9.59 Å². The molecule has 6 heteroatoms. The monoisotopic (exact) mass is 248 g/mol. The molecule has 1 rings (SSSR count). The molecule has 6 nitrogen and oxygen atoms in total. The number of rotatable bonds is 5. The molecule has 0 fully saturated rings. The molecule has 0 radical (unpaired) electrons. The predicted molar refractivity (Wildman–Crippen MR) is 62.6 cm³/mol. The Bertz CT molecular complexity index is 479. The number of amides is 1. The fraction of sp³-hybridized carbons (Fsp3) is 0.250. The van der Waals surface area contributed by atoms with E-state index in [-0.39, 0.29) is 6.61 Å². The second-order valence-corrected chi connectivity index (χ2v) is 3.30. The first-order valence-electron chi connectivity index (χ1n) is 5.11. The van der Waals surface area contributed by atoms with Gasteiger partial charge in [0, 0.05) is 7.11 Å². The van der Waals surface area contributed by atoms with Crippen molar-refractivity contribution in [3.63, 3.8) is 0 Å². The summed E-state index contributed by atoms with van der Waals surface area (Å²) in [7, 11) is 1.35. The van der Waals surface area contributed by atoms with Crippen molar-refractivity contribution in [2.45, 2.75) is 0 Å². The van der Waals surface area contributed by atoms with Gasteiger partial charge in [-0.1, -0.05) is 12.1 Å². The van der Waals surface area contributed by atoms with Crippen LogP contribution in [0.4, 0.5) is 5.69 Å². The van der Waals surface area contributed by atoms with Gasteiger partial charge in [-0.3, -0.25) is 4.79 Å². The minimum absolute atomic E-state index is 0.206. The average molecular weight is 248 g/mol. The molecule has 0 aliphatic carbocycles. The summed E-state index contributed by atoms with van der Waals surface area (Å²) in [6.45, 7) is -0.621. The first-order chi connectivity index (χ1) is 8.67. The lowest BCUT2D eigenvalue weighted by Gasteiger charge is -2.07. The van der Waals surface area contributed by atoms with E-state index in [4.69, 9.17) is 5.26 Å². The van der Waals surface area contributed by atoms with E-state index >= 15 is 0 Å².